The van der Waals surface area contributed by atoms with Gasteiger partial charge in [-0.3, -0.25) is 4.57 Å². The zero-order valence-corrected chi connectivity index (χ0v) is 14.5. The Morgan fingerprint density at radius 2 is 1.92 bits per heavy atom. The molecule has 0 radical (unpaired) electrons. The summed E-state index contributed by atoms with van der Waals surface area (Å²) in [7, 11) is 3.04. The minimum atomic E-state index is -1.03. The molecule has 0 spiro atoms. The van der Waals surface area contributed by atoms with Gasteiger partial charge in [0.25, 0.3) is 0 Å². The molecule has 0 bridgehead atoms. The number of esters is 1. The number of carbonyl (C=O) groups excluding carboxylic acids is 1. The lowest BCUT2D eigenvalue weighted by Crippen LogP contribution is -2.39. The lowest BCUT2D eigenvalue weighted by molar-refractivity contribution is -0.156. The number of hydrogen-bond acceptors (Lipinski definition) is 5. The largest absolute Gasteiger partial charge is 0.476 e. The monoisotopic (exact) mass is 333 g/mol. The number of aromatic nitrogens is 3. The summed E-state index contributed by atoms with van der Waals surface area (Å²) in [5.74, 6) is 0.944. The summed E-state index contributed by atoms with van der Waals surface area (Å²) in [5.41, 5.74) is -0.0699. The first kappa shape index (κ1) is 17.8. The summed E-state index contributed by atoms with van der Waals surface area (Å²) in [5, 5.41) is 6.42. The SMILES string of the molecule is COC(=O)C(C)(C)Oc1ccc(CCCc2n[nH]c(=O)n2C)cc1. The minimum Gasteiger partial charge on any atom is -0.476 e. The molecule has 7 nitrogen and oxygen atoms in total. The van der Waals surface area contributed by atoms with Gasteiger partial charge < -0.3 is 9.47 Å². The van der Waals surface area contributed by atoms with Gasteiger partial charge in [0, 0.05) is 13.5 Å². The molecule has 0 aliphatic heterocycles. The fraction of sp³-hybridized carbons (Fsp3) is 0.471. The molecule has 24 heavy (non-hydrogen) atoms. The van der Waals surface area contributed by atoms with E-state index < -0.39 is 11.6 Å². The molecule has 0 aliphatic carbocycles. The fourth-order valence-electron chi connectivity index (χ4n) is 2.36. The van der Waals surface area contributed by atoms with Crippen LogP contribution in [-0.4, -0.2) is 33.4 Å². The van der Waals surface area contributed by atoms with Crippen LogP contribution < -0.4 is 10.4 Å². The number of aromatic amines is 1. The van der Waals surface area contributed by atoms with Gasteiger partial charge >= 0.3 is 11.7 Å². The molecule has 0 atom stereocenters. The normalized spacial score (nSPS) is 11.3. The Morgan fingerprint density at radius 3 is 2.46 bits per heavy atom. The van der Waals surface area contributed by atoms with E-state index in [0.29, 0.717) is 5.75 Å². The van der Waals surface area contributed by atoms with Crippen LogP contribution in [0.25, 0.3) is 0 Å². The standard InChI is InChI=1S/C17H23N3O4/c1-17(2,15(21)23-4)24-13-10-8-12(9-11-13)6-5-7-14-18-19-16(22)20(14)3/h8-11H,5-7H2,1-4H3,(H,19,22). The first-order chi connectivity index (χ1) is 11.3. The number of H-pyrrole nitrogens is 1. The van der Waals surface area contributed by atoms with Gasteiger partial charge in [-0.1, -0.05) is 12.1 Å². The van der Waals surface area contributed by atoms with E-state index in [1.807, 2.05) is 24.3 Å². The zero-order valence-electron chi connectivity index (χ0n) is 14.5. The summed E-state index contributed by atoms with van der Waals surface area (Å²) in [6.45, 7) is 3.34. The van der Waals surface area contributed by atoms with Gasteiger partial charge in [0.05, 0.1) is 7.11 Å². The van der Waals surface area contributed by atoms with Gasteiger partial charge in [0.2, 0.25) is 0 Å². The number of ether oxygens (including phenoxy) is 2. The molecule has 0 saturated carbocycles. The highest BCUT2D eigenvalue weighted by Crippen LogP contribution is 2.20. The summed E-state index contributed by atoms with van der Waals surface area (Å²) < 4.78 is 11.9. The lowest BCUT2D eigenvalue weighted by atomic mass is 10.1. The van der Waals surface area contributed by atoms with Gasteiger partial charge in [-0.2, -0.15) is 5.10 Å². The number of benzene rings is 1. The van der Waals surface area contributed by atoms with E-state index in [1.54, 1.807) is 20.9 Å². The van der Waals surface area contributed by atoms with Crippen molar-refractivity contribution in [3.05, 3.63) is 46.1 Å². The second-order valence-corrected chi connectivity index (χ2v) is 6.11. The zero-order chi connectivity index (χ0) is 17.7. The van der Waals surface area contributed by atoms with Crippen molar-refractivity contribution in [2.75, 3.05) is 7.11 Å². The van der Waals surface area contributed by atoms with Crippen molar-refractivity contribution >= 4 is 5.97 Å². The predicted octanol–water partition coefficient (Wildman–Crippen LogP) is 1.61. The van der Waals surface area contributed by atoms with Crippen LogP contribution in [0.4, 0.5) is 0 Å². The Balaban J connectivity index is 1.89. The first-order valence-electron chi connectivity index (χ1n) is 7.80. The molecule has 0 saturated heterocycles. The molecule has 0 fully saturated rings. The molecule has 1 N–H and O–H groups in total. The first-order valence-corrected chi connectivity index (χ1v) is 7.80. The topological polar surface area (TPSA) is 86.2 Å². The molecule has 0 unspecified atom stereocenters. The van der Waals surface area contributed by atoms with Crippen LogP contribution in [0.1, 0.15) is 31.7 Å². The van der Waals surface area contributed by atoms with Crippen LogP contribution in [0.2, 0.25) is 0 Å². The highest BCUT2D eigenvalue weighted by atomic mass is 16.6. The van der Waals surface area contributed by atoms with Crippen LogP contribution in [0, 0.1) is 0 Å². The van der Waals surface area contributed by atoms with Crippen molar-refractivity contribution in [1.82, 2.24) is 14.8 Å². The maximum atomic E-state index is 11.6. The molecular weight excluding hydrogens is 310 g/mol. The number of methoxy groups -OCH3 is 1. The summed E-state index contributed by atoms with van der Waals surface area (Å²) in [4.78, 5) is 22.9. The van der Waals surface area contributed by atoms with Crippen molar-refractivity contribution in [3.8, 4) is 5.75 Å². The van der Waals surface area contributed by atoms with Crippen molar-refractivity contribution in [1.29, 1.82) is 0 Å². The quantitative estimate of drug-likeness (QED) is 0.778. The highest BCUT2D eigenvalue weighted by molar-refractivity contribution is 5.78. The van der Waals surface area contributed by atoms with Crippen LogP contribution in [0.5, 0.6) is 5.75 Å². The van der Waals surface area contributed by atoms with E-state index in [2.05, 4.69) is 10.2 Å². The number of carbonyl (C=O) groups is 1. The summed E-state index contributed by atoms with van der Waals surface area (Å²) >= 11 is 0. The van der Waals surface area contributed by atoms with E-state index in [9.17, 15) is 9.59 Å². The molecule has 2 rings (SSSR count). The van der Waals surface area contributed by atoms with E-state index in [0.717, 1.165) is 30.7 Å². The van der Waals surface area contributed by atoms with Crippen LogP contribution in [0.15, 0.2) is 29.1 Å². The van der Waals surface area contributed by atoms with Crippen LogP contribution in [-0.2, 0) is 29.4 Å². The molecule has 7 heteroatoms. The Hall–Kier alpha value is -2.57. The lowest BCUT2D eigenvalue weighted by Gasteiger charge is -2.23. The van der Waals surface area contributed by atoms with E-state index in [4.69, 9.17) is 9.47 Å². The third kappa shape index (κ3) is 4.24. The van der Waals surface area contributed by atoms with E-state index >= 15 is 0 Å². The van der Waals surface area contributed by atoms with Crippen molar-refractivity contribution in [3.63, 3.8) is 0 Å². The third-order valence-electron chi connectivity index (χ3n) is 3.81. The third-order valence-corrected chi connectivity index (χ3v) is 3.81. The van der Waals surface area contributed by atoms with Gasteiger partial charge in [-0.05, 0) is 44.4 Å². The maximum Gasteiger partial charge on any atom is 0.349 e. The summed E-state index contributed by atoms with van der Waals surface area (Å²) in [6, 6.07) is 7.60. The Morgan fingerprint density at radius 1 is 1.25 bits per heavy atom. The Kier molecular flexibility index (Phi) is 5.43. The second kappa shape index (κ2) is 7.33. The minimum absolute atomic E-state index is 0.195. The Bertz CT molecular complexity index is 744. The van der Waals surface area contributed by atoms with E-state index in [1.165, 1.54) is 11.7 Å². The average Bonchev–Trinajstić information content (AvgIpc) is 2.87. The van der Waals surface area contributed by atoms with Crippen molar-refractivity contribution in [2.45, 2.75) is 38.7 Å². The second-order valence-electron chi connectivity index (χ2n) is 6.11. The number of aryl methyl sites for hydroxylation is 2. The van der Waals surface area contributed by atoms with Gasteiger partial charge in [0.15, 0.2) is 5.60 Å². The smallest absolute Gasteiger partial charge is 0.349 e. The molecule has 0 aliphatic rings. The van der Waals surface area contributed by atoms with Crippen LogP contribution >= 0.6 is 0 Å². The number of rotatable bonds is 7. The summed E-state index contributed by atoms with van der Waals surface area (Å²) in [6.07, 6.45) is 2.47. The number of nitrogens with zero attached hydrogens (tertiary/aromatic N) is 2. The van der Waals surface area contributed by atoms with Gasteiger partial charge in [-0.25, -0.2) is 14.7 Å². The molecule has 2 aromatic rings. The predicted molar refractivity (Wildman–Crippen MR) is 89.0 cm³/mol. The highest BCUT2D eigenvalue weighted by Gasteiger charge is 2.30. The Labute approximate surface area is 140 Å². The molecule has 1 aromatic heterocycles. The maximum absolute atomic E-state index is 11.6. The van der Waals surface area contributed by atoms with Crippen molar-refractivity contribution in [2.24, 2.45) is 7.05 Å². The fourth-order valence-corrected chi connectivity index (χ4v) is 2.36. The average molecular weight is 333 g/mol. The number of nitrogens with one attached hydrogen (secondary N) is 1. The molecule has 1 heterocycles. The molecule has 1 aromatic carbocycles. The number of hydrogen-bond donors (Lipinski definition) is 1. The molecular formula is C17H23N3O4. The molecule has 0 amide bonds. The molecule has 130 valence electrons. The van der Waals surface area contributed by atoms with Gasteiger partial charge in [0.1, 0.15) is 11.6 Å². The van der Waals surface area contributed by atoms with Crippen molar-refractivity contribution < 1.29 is 14.3 Å². The van der Waals surface area contributed by atoms with E-state index in [-0.39, 0.29) is 5.69 Å². The van der Waals surface area contributed by atoms with Gasteiger partial charge in [-0.15, -0.1) is 0 Å². The van der Waals surface area contributed by atoms with Crippen LogP contribution in [0.3, 0.4) is 0 Å².